The molecular formula is C23H28F3N3O5S. The highest BCUT2D eigenvalue weighted by molar-refractivity contribution is 7.15. The van der Waals surface area contributed by atoms with Gasteiger partial charge in [-0.15, -0.1) is 0 Å². The number of nitrogens with zero attached hydrogens (tertiary/aromatic N) is 3. The van der Waals surface area contributed by atoms with E-state index in [1.54, 1.807) is 39.5 Å². The third-order valence-electron chi connectivity index (χ3n) is 4.99. The van der Waals surface area contributed by atoms with E-state index in [0.29, 0.717) is 37.6 Å². The van der Waals surface area contributed by atoms with E-state index in [-0.39, 0.29) is 22.4 Å². The lowest BCUT2D eigenvalue weighted by atomic mass is 10.1. The molecule has 0 saturated carbocycles. The highest BCUT2D eigenvalue weighted by atomic mass is 32.1. The zero-order chi connectivity index (χ0) is 26.0. The fourth-order valence-electron chi connectivity index (χ4n) is 3.39. The van der Waals surface area contributed by atoms with Crippen LogP contribution in [0.1, 0.15) is 48.6 Å². The number of thiazole rings is 1. The number of hydrogen-bond donors (Lipinski definition) is 0. The number of benzene rings is 1. The molecule has 1 amide bonds. The van der Waals surface area contributed by atoms with Gasteiger partial charge in [-0.1, -0.05) is 11.3 Å². The van der Waals surface area contributed by atoms with Crippen molar-refractivity contribution >= 4 is 29.1 Å². The summed E-state index contributed by atoms with van der Waals surface area (Å²) < 4.78 is 56.4. The number of halogens is 3. The molecule has 2 aromatic rings. The van der Waals surface area contributed by atoms with Crippen LogP contribution < -0.4 is 9.64 Å². The van der Waals surface area contributed by atoms with Crippen LogP contribution >= 0.6 is 11.3 Å². The average molecular weight is 516 g/mol. The zero-order valence-corrected chi connectivity index (χ0v) is 21.0. The maximum atomic E-state index is 13.4. The molecule has 0 radical (unpaired) electrons. The number of rotatable bonds is 5. The normalized spacial score (nSPS) is 14.6. The Morgan fingerprint density at radius 3 is 2.34 bits per heavy atom. The minimum absolute atomic E-state index is 0.0264. The van der Waals surface area contributed by atoms with Crippen LogP contribution in [0.2, 0.25) is 0 Å². The van der Waals surface area contributed by atoms with Gasteiger partial charge in [0, 0.05) is 26.2 Å². The molecule has 0 bridgehead atoms. The van der Waals surface area contributed by atoms with Gasteiger partial charge in [0.1, 0.15) is 10.5 Å². The number of carbonyl (C=O) groups excluding carboxylic acids is 2. The maximum Gasteiger partial charge on any atom is 0.416 e. The molecule has 12 heteroatoms. The van der Waals surface area contributed by atoms with Crippen LogP contribution in [0.25, 0.3) is 0 Å². The van der Waals surface area contributed by atoms with Crippen LogP contribution in [-0.4, -0.2) is 60.3 Å². The fraction of sp³-hybridized carbons (Fsp3) is 0.522. The molecular weight excluding hydrogens is 487 g/mol. The first-order valence-electron chi connectivity index (χ1n) is 11.0. The first kappa shape index (κ1) is 26.6. The monoisotopic (exact) mass is 515 g/mol. The molecule has 0 N–H and O–H groups in total. The Bertz CT molecular complexity index is 1070. The summed E-state index contributed by atoms with van der Waals surface area (Å²) in [6.07, 6.45) is -5.01. The first-order valence-corrected chi connectivity index (χ1v) is 11.9. The van der Waals surface area contributed by atoms with Crippen LogP contribution in [0.5, 0.6) is 10.9 Å². The Kier molecular flexibility index (Phi) is 7.83. The van der Waals surface area contributed by atoms with E-state index in [1.165, 1.54) is 6.07 Å². The molecule has 8 nitrogen and oxygen atoms in total. The van der Waals surface area contributed by atoms with Gasteiger partial charge >= 0.3 is 18.2 Å². The molecule has 0 spiro atoms. The lowest BCUT2D eigenvalue weighted by molar-refractivity contribution is -0.137. The molecule has 1 saturated heterocycles. The molecule has 2 heterocycles. The number of esters is 1. The number of amides is 1. The summed E-state index contributed by atoms with van der Waals surface area (Å²) in [5, 5.41) is 0.0264. The van der Waals surface area contributed by atoms with Crippen molar-refractivity contribution in [2.75, 3.05) is 37.7 Å². The van der Waals surface area contributed by atoms with Crippen molar-refractivity contribution in [3.8, 4) is 10.9 Å². The number of piperazine rings is 1. The van der Waals surface area contributed by atoms with Crippen molar-refractivity contribution in [1.29, 1.82) is 0 Å². The van der Waals surface area contributed by atoms with Crippen molar-refractivity contribution in [2.45, 2.75) is 46.4 Å². The average Bonchev–Trinajstić information content (AvgIpc) is 3.12. The molecule has 0 atom stereocenters. The van der Waals surface area contributed by atoms with Crippen molar-refractivity contribution < 1.29 is 37.0 Å². The number of aromatic nitrogens is 1. The van der Waals surface area contributed by atoms with Gasteiger partial charge in [-0.2, -0.15) is 13.2 Å². The van der Waals surface area contributed by atoms with Crippen molar-refractivity contribution in [2.24, 2.45) is 0 Å². The minimum atomic E-state index is -4.57. The first-order chi connectivity index (χ1) is 16.3. The van der Waals surface area contributed by atoms with Crippen molar-refractivity contribution in [1.82, 2.24) is 9.88 Å². The van der Waals surface area contributed by atoms with Gasteiger partial charge in [-0.25, -0.2) is 14.6 Å². The van der Waals surface area contributed by atoms with Gasteiger partial charge in [-0.3, -0.25) is 0 Å². The summed E-state index contributed by atoms with van der Waals surface area (Å²) >= 11 is 0.904. The van der Waals surface area contributed by atoms with Gasteiger partial charge in [0.2, 0.25) is 0 Å². The molecule has 1 aromatic heterocycles. The molecule has 0 unspecified atom stereocenters. The minimum Gasteiger partial charge on any atom is -0.462 e. The van der Waals surface area contributed by atoms with E-state index >= 15 is 0 Å². The SMILES string of the molecule is CCOC(=O)c1sc(Oc2cc(C(F)(F)F)ccc2N2CCN(C(=O)OC(C)(C)C)CC2)nc1C. The Balaban J connectivity index is 1.84. The van der Waals surface area contributed by atoms with Crippen LogP contribution in [0.4, 0.5) is 23.7 Å². The fourth-order valence-corrected chi connectivity index (χ4v) is 4.21. The van der Waals surface area contributed by atoms with Crippen LogP contribution in [-0.2, 0) is 15.7 Å². The number of hydrogen-bond acceptors (Lipinski definition) is 8. The van der Waals surface area contributed by atoms with Crippen LogP contribution in [0, 0.1) is 6.92 Å². The summed E-state index contributed by atoms with van der Waals surface area (Å²) in [5.74, 6) is -0.616. The second-order valence-corrected chi connectivity index (χ2v) is 9.81. The Morgan fingerprint density at radius 1 is 1.11 bits per heavy atom. The molecule has 1 aliphatic heterocycles. The largest absolute Gasteiger partial charge is 0.462 e. The van der Waals surface area contributed by atoms with E-state index in [1.807, 2.05) is 4.90 Å². The maximum absolute atomic E-state index is 13.4. The van der Waals surface area contributed by atoms with Gasteiger partial charge in [0.15, 0.2) is 5.75 Å². The highest BCUT2D eigenvalue weighted by Crippen LogP contribution is 2.40. The molecule has 1 fully saturated rings. The Labute approximate surface area is 205 Å². The predicted octanol–water partition coefficient (Wildman–Crippen LogP) is 5.50. The van der Waals surface area contributed by atoms with Gasteiger partial charge in [-0.05, 0) is 52.8 Å². The molecule has 1 aromatic carbocycles. The van der Waals surface area contributed by atoms with Crippen molar-refractivity contribution in [3.63, 3.8) is 0 Å². The number of ether oxygens (including phenoxy) is 3. The number of aryl methyl sites for hydroxylation is 1. The summed E-state index contributed by atoms with van der Waals surface area (Å²) in [6.45, 7) is 10.2. The third-order valence-corrected chi connectivity index (χ3v) is 6.01. The van der Waals surface area contributed by atoms with E-state index in [0.717, 1.165) is 23.5 Å². The molecule has 35 heavy (non-hydrogen) atoms. The smallest absolute Gasteiger partial charge is 0.416 e. The molecule has 192 valence electrons. The summed E-state index contributed by atoms with van der Waals surface area (Å²) in [4.78, 5) is 32.2. The highest BCUT2D eigenvalue weighted by Gasteiger charge is 2.33. The summed E-state index contributed by atoms with van der Waals surface area (Å²) in [6, 6.07) is 3.24. The third kappa shape index (κ3) is 6.77. The Morgan fingerprint density at radius 2 is 1.77 bits per heavy atom. The van der Waals surface area contributed by atoms with E-state index in [4.69, 9.17) is 14.2 Å². The van der Waals surface area contributed by atoms with E-state index in [9.17, 15) is 22.8 Å². The van der Waals surface area contributed by atoms with E-state index < -0.39 is 29.4 Å². The molecule has 0 aliphatic carbocycles. The molecule has 1 aliphatic rings. The lowest BCUT2D eigenvalue weighted by Gasteiger charge is -2.37. The summed E-state index contributed by atoms with van der Waals surface area (Å²) in [7, 11) is 0. The Hall–Kier alpha value is -3.02. The van der Waals surface area contributed by atoms with Gasteiger partial charge in [0.05, 0.1) is 23.6 Å². The van der Waals surface area contributed by atoms with Crippen LogP contribution in [0.15, 0.2) is 18.2 Å². The second-order valence-electron chi connectivity index (χ2n) is 8.85. The lowest BCUT2D eigenvalue weighted by Crippen LogP contribution is -2.50. The van der Waals surface area contributed by atoms with E-state index in [2.05, 4.69) is 4.98 Å². The molecule has 3 rings (SSSR count). The van der Waals surface area contributed by atoms with Gasteiger partial charge < -0.3 is 24.0 Å². The van der Waals surface area contributed by atoms with Gasteiger partial charge in [0.25, 0.3) is 5.19 Å². The number of alkyl halides is 3. The summed E-state index contributed by atoms with van der Waals surface area (Å²) in [5.41, 5.74) is -0.713. The topological polar surface area (TPSA) is 81.2 Å². The van der Waals surface area contributed by atoms with Crippen molar-refractivity contribution in [3.05, 3.63) is 34.3 Å². The number of anilines is 1. The second kappa shape index (κ2) is 10.3. The zero-order valence-electron chi connectivity index (χ0n) is 20.2. The van der Waals surface area contributed by atoms with Crippen LogP contribution in [0.3, 0.4) is 0 Å². The number of carbonyl (C=O) groups is 2. The predicted molar refractivity (Wildman–Crippen MR) is 124 cm³/mol. The quantitative estimate of drug-likeness (QED) is 0.487. The standard InChI is InChI=1S/C23H28F3N3O5S/c1-6-32-19(30)18-14(2)27-20(35-18)33-17-13-15(23(24,25)26)7-8-16(17)28-9-11-29(12-10-28)21(31)34-22(3,4)5/h7-8,13H,6,9-12H2,1-5H3.